The predicted molar refractivity (Wildman–Crippen MR) is 16.3 cm³/mol. The first-order valence-electron chi connectivity index (χ1n) is 0. The molecule has 13 heavy (non-hydrogen) atoms. The molecule has 0 bridgehead atoms. The standard InChI is InChI=1S/2La.2Ni.7O.2Sr/q2*+3;2*+2;7*-2;2*+2. The van der Waals surface area contributed by atoms with Gasteiger partial charge >= 0.3 is 195 Å². The summed E-state index contributed by atoms with van der Waals surface area (Å²) >= 11 is 0. The minimum Gasteiger partial charge on any atom is -2.00 e. The first kappa shape index (κ1) is 169. The van der Waals surface area contributed by atoms with E-state index in [0.717, 1.165) is 0 Å². The molecule has 13 heteroatoms. The second kappa shape index (κ2) is 143. The maximum absolute atomic E-state index is 0. The molecule has 0 fully saturated rings. The van der Waals surface area contributed by atoms with Gasteiger partial charge in [0.05, 0.1) is 0 Å². The summed E-state index contributed by atoms with van der Waals surface area (Å²) in [7, 11) is 0. The van der Waals surface area contributed by atoms with E-state index >= 15 is 0 Å². The predicted octanol–water partition coefficient (Wildman–Crippen LogP) is -1.60. The zero-order valence-electron chi connectivity index (χ0n) is 6.06. The normalized spacial score (nSPS) is 0. The monoisotopic (exact) mass is 681 g/mol. The molecule has 0 N–H and O–H groups in total. The van der Waals surface area contributed by atoms with E-state index in [9.17, 15) is 0 Å². The summed E-state index contributed by atoms with van der Waals surface area (Å²) in [6, 6.07) is 0. The first-order valence-corrected chi connectivity index (χ1v) is 0. The topological polar surface area (TPSA) is 200 Å². The quantitative estimate of drug-likeness (QED) is 0.266. The number of hydrogen-bond donors (Lipinski definition) is 0. The molecule has 7 nitrogen and oxygen atoms in total. The van der Waals surface area contributed by atoms with Crippen LogP contribution in [0.2, 0.25) is 0 Å². The van der Waals surface area contributed by atoms with Crippen LogP contribution in [0.15, 0.2) is 0 Å². The average molecular weight is 682 g/mol. The molecular weight excluding hydrogens is 682 g/mol. The minimum absolute atomic E-state index is 0. The molecule has 0 aliphatic rings. The summed E-state index contributed by atoms with van der Waals surface area (Å²) in [6.45, 7) is 0. The van der Waals surface area contributed by atoms with Crippen molar-refractivity contribution in [3.05, 3.63) is 0 Å². The van der Waals surface area contributed by atoms with E-state index in [1.54, 1.807) is 0 Å². The van der Waals surface area contributed by atoms with E-state index in [2.05, 4.69) is 0 Å². The van der Waals surface area contributed by atoms with Gasteiger partial charge in [0.1, 0.15) is 0 Å². The fraction of sp³-hybridized carbons (Fsp3) is 0. The Labute approximate surface area is 227 Å². The van der Waals surface area contributed by atoms with Crippen LogP contribution in [-0.2, 0) is 71.3 Å². The molecule has 0 amide bonds. The Morgan fingerprint density at radius 2 is 0.308 bits per heavy atom. The maximum Gasteiger partial charge on any atom is 3.00 e. The molecule has 0 aliphatic heterocycles. The van der Waals surface area contributed by atoms with Gasteiger partial charge in [0.15, 0.2) is 0 Å². The summed E-state index contributed by atoms with van der Waals surface area (Å²) in [5.74, 6) is 0. The van der Waals surface area contributed by atoms with Crippen molar-refractivity contribution < 1.29 is 143 Å². The molecule has 0 aromatic heterocycles. The Morgan fingerprint density at radius 1 is 0.308 bits per heavy atom. The molecule has 0 radical (unpaired) electrons. The van der Waals surface area contributed by atoms with Crippen LogP contribution in [0.3, 0.4) is 0 Å². The smallest absolute Gasteiger partial charge is 2.00 e. The third kappa shape index (κ3) is 127. The van der Waals surface area contributed by atoms with Gasteiger partial charge in [0.25, 0.3) is 0 Å². The van der Waals surface area contributed by atoms with Crippen molar-refractivity contribution in [3.63, 3.8) is 0 Å². The Kier molecular flexibility index (Phi) is 1870. The van der Waals surface area contributed by atoms with Crippen LogP contribution in [0.4, 0.5) is 0 Å². The van der Waals surface area contributed by atoms with Gasteiger partial charge in [-0.05, 0) is 0 Å². The molecular formula is La2Ni2O7Sr2. The molecule has 72 valence electrons. The zero-order valence-corrected chi connectivity index (χ0v) is 22.2. The third-order valence-corrected chi connectivity index (χ3v) is 0. The van der Waals surface area contributed by atoms with Gasteiger partial charge in [-0.2, -0.15) is 0 Å². The van der Waals surface area contributed by atoms with Crippen LogP contribution in [0.5, 0.6) is 0 Å². The van der Waals surface area contributed by atoms with E-state index in [0.29, 0.717) is 0 Å². The van der Waals surface area contributed by atoms with Gasteiger partial charge in [0, 0.05) is 0 Å². The fourth-order valence-corrected chi connectivity index (χ4v) is 0. The van der Waals surface area contributed by atoms with Gasteiger partial charge in [0.2, 0.25) is 0 Å². The second-order valence-electron chi connectivity index (χ2n) is 0. The second-order valence-corrected chi connectivity index (χ2v) is 0. The van der Waals surface area contributed by atoms with Crippen molar-refractivity contribution in [2.24, 2.45) is 0 Å². The van der Waals surface area contributed by atoms with E-state index in [4.69, 9.17) is 0 Å². The molecule has 0 unspecified atom stereocenters. The Morgan fingerprint density at radius 3 is 0.308 bits per heavy atom. The van der Waals surface area contributed by atoms with Crippen molar-refractivity contribution in [1.82, 2.24) is 0 Å². The van der Waals surface area contributed by atoms with Crippen LogP contribution in [0.1, 0.15) is 0 Å². The largest absolute Gasteiger partial charge is 3.00 e. The SMILES string of the molecule is [La+3].[La+3].[Ni+2].[Ni+2].[O-2].[O-2].[O-2].[O-2].[O-2].[O-2].[O-2].[Sr+2].[Sr+2]. The van der Waals surface area contributed by atoms with Crippen molar-refractivity contribution in [2.45, 2.75) is 0 Å². The molecule has 0 saturated carbocycles. The van der Waals surface area contributed by atoms with Gasteiger partial charge in [-0.3, -0.25) is 0 Å². The zero-order chi connectivity index (χ0) is 0. The Hall–Kier alpha value is 6.06. The van der Waals surface area contributed by atoms with Crippen LogP contribution < -0.4 is 0 Å². The van der Waals surface area contributed by atoms with Crippen molar-refractivity contribution >= 4 is 91.0 Å². The summed E-state index contributed by atoms with van der Waals surface area (Å²) in [5.41, 5.74) is 0. The summed E-state index contributed by atoms with van der Waals surface area (Å²) in [5, 5.41) is 0. The summed E-state index contributed by atoms with van der Waals surface area (Å²) in [4.78, 5) is 0. The van der Waals surface area contributed by atoms with Gasteiger partial charge in [-0.15, -0.1) is 0 Å². The maximum atomic E-state index is 0. The number of rotatable bonds is 0. The van der Waals surface area contributed by atoms with Crippen LogP contribution in [0.25, 0.3) is 0 Å². The molecule has 0 heterocycles. The summed E-state index contributed by atoms with van der Waals surface area (Å²) < 4.78 is 0. The van der Waals surface area contributed by atoms with Gasteiger partial charge in [-0.1, -0.05) is 0 Å². The van der Waals surface area contributed by atoms with E-state index in [-0.39, 0.29) is 233 Å². The fourth-order valence-electron chi connectivity index (χ4n) is 0. The Bertz CT molecular complexity index is 22.5. The molecule has 0 spiro atoms. The van der Waals surface area contributed by atoms with Gasteiger partial charge in [-0.25, -0.2) is 0 Å². The van der Waals surface area contributed by atoms with E-state index in [1.165, 1.54) is 0 Å². The van der Waals surface area contributed by atoms with Crippen LogP contribution in [0, 0.1) is 71.2 Å². The first-order chi connectivity index (χ1) is 0. The molecule has 0 aromatic rings. The molecule has 0 aromatic carbocycles. The van der Waals surface area contributed by atoms with Gasteiger partial charge < -0.3 is 38.3 Å². The van der Waals surface area contributed by atoms with Crippen molar-refractivity contribution in [1.29, 1.82) is 0 Å². The van der Waals surface area contributed by atoms with Crippen molar-refractivity contribution in [2.75, 3.05) is 0 Å². The molecule has 0 atom stereocenters. The van der Waals surface area contributed by atoms with Crippen molar-refractivity contribution in [3.8, 4) is 0 Å². The minimum atomic E-state index is 0. The molecule has 0 rings (SSSR count). The van der Waals surface area contributed by atoms with E-state index in [1.807, 2.05) is 0 Å². The molecule has 0 aliphatic carbocycles. The number of hydrogen-bond acceptors (Lipinski definition) is 0. The summed E-state index contributed by atoms with van der Waals surface area (Å²) in [6.07, 6.45) is 0. The third-order valence-electron chi connectivity index (χ3n) is 0. The van der Waals surface area contributed by atoms with E-state index < -0.39 is 0 Å². The average Bonchev–Trinajstić information content (AvgIpc) is 0. The Balaban J connectivity index is 0. The molecule has 0 saturated heterocycles. The van der Waals surface area contributed by atoms with Crippen LogP contribution in [-0.4, -0.2) is 91.0 Å². The van der Waals surface area contributed by atoms with Crippen LogP contribution >= 0.6 is 0 Å².